The van der Waals surface area contributed by atoms with Crippen molar-refractivity contribution in [2.24, 2.45) is 5.92 Å². The molecule has 22 heavy (non-hydrogen) atoms. The predicted molar refractivity (Wildman–Crippen MR) is 81.0 cm³/mol. The lowest BCUT2D eigenvalue weighted by Gasteiger charge is -2.29. The van der Waals surface area contributed by atoms with Gasteiger partial charge in [0, 0.05) is 19.0 Å². The lowest BCUT2D eigenvalue weighted by atomic mass is 9.97. The van der Waals surface area contributed by atoms with Crippen LogP contribution in [0.25, 0.3) is 0 Å². The van der Waals surface area contributed by atoms with E-state index in [-0.39, 0.29) is 17.8 Å². The van der Waals surface area contributed by atoms with Gasteiger partial charge >= 0.3 is 6.01 Å². The first-order chi connectivity index (χ1) is 10.4. The first-order valence-corrected chi connectivity index (χ1v) is 8.96. The molecule has 0 spiro atoms. The first kappa shape index (κ1) is 16.6. The van der Waals surface area contributed by atoms with Gasteiger partial charge in [0.1, 0.15) is 0 Å². The fourth-order valence-electron chi connectivity index (χ4n) is 2.28. The van der Waals surface area contributed by atoms with Gasteiger partial charge in [-0.05, 0) is 19.8 Å². The molecule has 0 aromatic carbocycles. The van der Waals surface area contributed by atoms with Gasteiger partial charge in [0.15, 0.2) is 0 Å². The molecule has 1 aliphatic rings. The predicted octanol–water partition coefficient (Wildman–Crippen LogP) is 0.485. The lowest BCUT2D eigenvalue weighted by molar-refractivity contribution is -0.120. The Morgan fingerprint density at radius 3 is 2.45 bits per heavy atom. The SMILES string of the molecule is CCOc1ncc(NC(=O)C2CCN(S(C)(=O)=O)CC2)cn1. The minimum atomic E-state index is -3.18. The van der Waals surface area contributed by atoms with Crippen LogP contribution in [0.4, 0.5) is 5.69 Å². The quantitative estimate of drug-likeness (QED) is 0.844. The van der Waals surface area contributed by atoms with Crippen LogP contribution < -0.4 is 10.1 Å². The third kappa shape index (κ3) is 4.38. The van der Waals surface area contributed by atoms with E-state index in [1.807, 2.05) is 6.92 Å². The van der Waals surface area contributed by atoms with Crippen molar-refractivity contribution in [3.63, 3.8) is 0 Å². The van der Waals surface area contributed by atoms with E-state index in [2.05, 4.69) is 15.3 Å². The summed E-state index contributed by atoms with van der Waals surface area (Å²) in [5, 5.41) is 2.75. The van der Waals surface area contributed by atoms with Gasteiger partial charge in [0.25, 0.3) is 0 Å². The van der Waals surface area contributed by atoms with Gasteiger partial charge in [-0.15, -0.1) is 0 Å². The number of carbonyl (C=O) groups excluding carboxylic acids is 1. The minimum absolute atomic E-state index is 0.138. The summed E-state index contributed by atoms with van der Waals surface area (Å²) in [5.41, 5.74) is 0.499. The second kappa shape index (κ2) is 7.01. The largest absolute Gasteiger partial charge is 0.464 e. The zero-order chi connectivity index (χ0) is 16.2. The second-order valence-corrected chi connectivity index (χ2v) is 7.10. The third-order valence-corrected chi connectivity index (χ3v) is 4.77. The summed E-state index contributed by atoms with van der Waals surface area (Å²) in [6.07, 6.45) is 5.18. The Morgan fingerprint density at radius 1 is 1.36 bits per heavy atom. The Morgan fingerprint density at radius 2 is 1.95 bits per heavy atom. The fraction of sp³-hybridized carbons (Fsp3) is 0.615. The standard InChI is InChI=1S/C13H20N4O4S/c1-3-21-13-14-8-11(9-15-13)16-12(18)10-4-6-17(7-5-10)22(2,19)20/h8-10H,3-7H2,1-2H3,(H,16,18). The van der Waals surface area contributed by atoms with Crippen molar-refractivity contribution >= 4 is 21.6 Å². The zero-order valence-corrected chi connectivity index (χ0v) is 13.5. The number of amides is 1. The van der Waals surface area contributed by atoms with E-state index < -0.39 is 10.0 Å². The van der Waals surface area contributed by atoms with Crippen molar-refractivity contribution in [1.82, 2.24) is 14.3 Å². The molecule has 0 aliphatic carbocycles. The summed E-state index contributed by atoms with van der Waals surface area (Å²) in [6.45, 7) is 3.06. The van der Waals surface area contributed by atoms with Gasteiger partial charge in [-0.25, -0.2) is 22.7 Å². The van der Waals surface area contributed by atoms with Crippen molar-refractivity contribution in [1.29, 1.82) is 0 Å². The van der Waals surface area contributed by atoms with Crippen LogP contribution in [0.1, 0.15) is 19.8 Å². The highest BCUT2D eigenvalue weighted by molar-refractivity contribution is 7.88. The molecule has 122 valence electrons. The van der Waals surface area contributed by atoms with Gasteiger partial charge in [-0.1, -0.05) is 0 Å². The van der Waals surface area contributed by atoms with Crippen LogP contribution in [-0.4, -0.2) is 54.6 Å². The summed E-state index contributed by atoms with van der Waals surface area (Å²) in [4.78, 5) is 20.1. The lowest BCUT2D eigenvalue weighted by Crippen LogP contribution is -2.40. The van der Waals surface area contributed by atoms with Crippen LogP contribution in [0, 0.1) is 5.92 Å². The molecule has 1 N–H and O–H groups in total. The van der Waals surface area contributed by atoms with E-state index in [0.717, 1.165) is 0 Å². The average molecular weight is 328 g/mol. The Hall–Kier alpha value is -1.74. The van der Waals surface area contributed by atoms with Crippen molar-refractivity contribution in [3.8, 4) is 6.01 Å². The van der Waals surface area contributed by atoms with E-state index in [1.165, 1.54) is 23.0 Å². The fourth-order valence-corrected chi connectivity index (χ4v) is 3.15. The topological polar surface area (TPSA) is 101 Å². The van der Waals surface area contributed by atoms with Crippen molar-refractivity contribution in [2.75, 3.05) is 31.3 Å². The number of nitrogens with one attached hydrogen (secondary N) is 1. The number of piperidine rings is 1. The van der Waals surface area contributed by atoms with Crippen LogP contribution in [0.2, 0.25) is 0 Å². The smallest absolute Gasteiger partial charge is 0.316 e. The Labute approximate surface area is 129 Å². The molecule has 0 unspecified atom stereocenters. The van der Waals surface area contributed by atoms with E-state index in [1.54, 1.807) is 0 Å². The Kier molecular flexibility index (Phi) is 5.30. The summed E-state index contributed by atoms with van der Waals surface area (Å²) in [6, 6.07) is 0.266. The normalized spacial score (nSPS) is 17.2. The summed E-state index contributed by atoms with van der Waals surface area (Å²) < 4.78 is 29.4. The first-order valence-electron chi connectivity index (χ1n) is 7.11. The third-order valence-electron chi connectivity index (χ3n) is 3.46. The molecule has 2 rings (SSSR count). The highest BCUT2D eigenvalue weighted by atomic mass is 32.2. The molecule has 0 saturated carbocycles. The summed E-state index contributed by atoms with van der Waals surface area (Å²) in [7, 11) is -3.18. The molecule has 0 atom stereocenters. The summed E-state index contributed by atoms with van der Waals surface area (Å²) in [5.74, 6) is -0.342. The molecule has 0 bridgehead atoms. The van der Waals surface area contributed by atoms with Crippen molar-refractivity contribution in [2.45, 2.75) is 19.8 Å². The van der Waals surface area contributed by atoms with E-state index in [9.17, 15) is 13.2 Å². The maximum Gasteiger partial charge on any atom is 0.316 e. The van der Waals surface area contributed by atoms with E-state index in [4.69, 9.17) is 4.74 Å². The van der Waals surface area contributed by atoms with Crippen molar-refractivity contribution in [3.05, 3.63) is 12.4 Å². The molecule has 1 saturated heterocycles. The Bertz CT molecular complexity index is 609. The number of carbonyl (C=O) groups is 1. The number of nitrogens with zero attached hydrogens (tertiary/aromatic N) is 3. The molecule has 9 heteroatoms. The highest BCUT2D eigenvalue weighted by Gasteiger charge is 2.28. The molecule has 0 radical (unpaired) electrons. The van der Waals surface area contributed by atoms with Crippen LogP contribution in [-0.2, 0) is 14.8 Å². The maximum atomic E-state index is 12.2. The molecular formula is C13H20N4O4S. The molecule has 2 heterocycles. The van der Waals surface area contributed by atoms with E-state index >= 15 is 0 Å². The van der Waals surface area contributed by atoms with Crippen LogP contribution in [0.3, 0.4) is 0 Å². The summed E-state index contributed by atoms with van der Waals surface area (Å²) >= 11 is 0. The maximum absolute atomic E-state index is 12.2. The molecule has 1 aromatic rings. The highest BCUT2D eigenvalue weighted by Crippen LogP contribution is 2.21. The molecule has 1 aliphatic heterocycles. The monoisotopic (exact) mass is 328 g/mol. The van der Waals surface area contributed by atoms with Gasteiger partial charge in [0.05, 0.1) is 30.9 Å². The number of rotatable bonds is 5. The second-order valence-electron chi connectivity index (χ2n) is 5.11. The van der Waals surface area contributed by atoms with Crippen LogP contribution in [0.15, 0.2) is 12.4 Å². The molecular weight excluding hydrogens is 308 g/mol. The number of hydrogen-bond acceptors (Lipinski definition) is 6. The van der Waals surface area contributed by atoms with Gasteiger partial charge < -0.3 is 10.1 Å². The van der Waals surface area contributed by atoms with Crippen molar-refractivity contribution < 1.29 is 17.9 Å². The van der Waals surface area contributed by atoms with Crippen LogP contribution >= 0.6 is 0 Å². The molecule has 1 amide bonds. The average Bonchev–Trinajstić information content (AvgIpc) is 2.49. The Balaban J connectivity index is 1.88. The van der Waals surface area contributed by atoms with Gasteiger partial charge in [-0.2, -0.15) is 0 Å². The van der Waals surface area contributed by atoms with Crippen LogP contribution in [0.5, 0.6) is 6.01 Å². The van der Waals surface area contributed by atoms with Gasteiger partial charge in [0.2, 0.25) is 15.9 Å². The van der Waals surface area contributed by atoms with E-state index in [0.29, 0.717) is 38.2 Å². The zero-order valence-electron chi connectivity index (χ0n) is 12.7. The number of hydrogen-bond donors (Lipinski definition) is 1. The molecule has 8 nitrogen and oxygen atoms in total. The number of anilines is 1. The minimum Gasteiger partial charge on any atom is -0.464 e. The molecule has 1 fully saturated rings. The number of ether oxygens (including phenoxy) is 1. The molecule has 1 aromatic heterocycles. The van der Waals surface area contributed by atoms with Gasteiger partial charge in [-0.3, -0.25) is 4.79 Å². The number of sulfonamides is 1. The number of aromatic nitrogens is 2.